The molecule has 0 radical (unpaired) electrons. The molecule has 0 spiro atoms. The van der Waals surface area contributed by atoms with Gasteiger partial charge in [0.25, 0.3) is 0 Å². The van der Waals surface area contributed by atoms with E-state index in [9.17, 15) is 0 Å². The summed E-state index contributed by atoms with van der Waals surface area (Å²) in [6.45, 7) is 3.88. The first kappa shape index (κ1) is 10.7. The number of nitrogens with two attached hydrogens (primary N) is 1. The lowest BCUT2D eigenvalue weighted by atomic mass is 10.1. The minimum absolute atomic E-state index is 0.479. The van der Waals surface area contributed by atoms with Crippen LogP contribution in [0.4, 0.5) is 0 Å². The van der Waals surface area contributed by atoms with Gasteiger partial charge in [-0.25, -0.2) is 0 Å². The highest BCUT2D eigenvalue weighted by atomic mass is 32.1. The van der Waals surface area contributed by atoms with Gasteiger partial charge in [0.15, 0.2) is 0 Å². The average Bonchev–Trinajstić information content (AvgIpc) is 2.64. The van der Waals surface area contributed by atoms with E-state index in [1.807, 2.05) is 0 Å². The van der Waals surface area contributed by atoms with Crippen LogP contribution >= 0.6 is 11.3 Å². The third-order valence-corrected chi connectivity index (χ3v) is 2.94. The molecule has 1 atom stereocenters. The van der Waals surface area contributed by atoms with Gasteiger partial charge in [-0.3, -0.25) is 0 Å². The minimum Gasteiger partial charge on any atom is -0.329 e. The summed E-state index contributed by atoms with van der Waals surface area (Å²) in [4.78, 5) is 1.38. The molecule has 13 heavy (non-hydrogen) atoms. The Morgan fingerprint density at radius 1 is 1.62 bits per heavy atom. The Labute approximate surface area is 84.2 Å². The molecule has 1 heterocycles. The Morgan fingerprint density at radius 2 is 2.46 bits per heavy atom. The van der Waals surface area contributed by atoms with Crippen LogP contribution in [0.2, 0.25) is 0 Å². The van der Waals surface area contributed by atoms with Crippen LogP contribution in [0.25, 0.3) is 0 Å². The highest BCUT2D eigenvalue weighted by molar-refractivity contribution is 7.09. The van der Waals surface area contributed by atoms with Crippen molar-refractivity contribution in [2.45, 2.75) is 32.4 Å². The summed E-state index contributed by atoms with van der Waals surface area (Å²) in [6.07, 6.45) is 2.36. The second kappa shape index (κ2) is 6.13. The van der Waals surface area contributed by atoms with Gasteiger partial charge in [0.05, 0.1) is 0 Å². The number of hydrogen-bond acceptors (Lipinski definition) is 3. The van der Waals surface area contributed by atoms with Crippen LogP contribution in [0.5, 0.6) is 0 Å². The van der Waals surface area contributed by atoms with Gasteiger partial charge >= 0.3 is 0 Å². The lowest BCUT2D eigenvalue weighted by Crippen LogP contribution is -2.35. The van der Waals surface area contributed by atoms with E-state index in [1.165, 1.54) is 17.7 Å². The summed E-state index contributed by atoms with van der Waals surface area (Å²) in [5, 5.41) is 5.56. The monoisotopic (exact) mass is 198 g/mol. The Bertz CT molecular complexity index is 209. The first-order chi connectivity index (χ1) is 6.36. The van der Waals surface area contributed by atoms with Crippen molar-refractivity contribution in [3.8, 4) is 0 Å². The van der Waals surface area contributed by atoms with Crippen LogP contribution in [0.15, 0.2) is 17.5 Å². The van der Waals surface area contributed by atoms with Crippen molar-refractivity contribution in [1.82, 2.24) is 5.32 Å². The van der Waals surface area contributed by atoms with Crippen molar-refractivity contribution >= 4 is 11.3 Å². The van der Waals surface area contributed by atoms with E-state index in [4.69, 9.17) is 5.73 Å². The third kappa shape index (κ3) is 3.89. The highest BCUT2D eigenvalue weighted by Gasteiger charge is 2.03. The molecule has 3 heteroatoms. The van der Waals surface area contributed by atoms with Crippen molar-refractivity contribution in [3.63, 3.8) is 0 Å². The van der Waals surface area contributed by atoms with Gasteiger partial charge in [0, 0.05) is 24.0 Å². The summed E-state index contributed by atoms with van der Waals surface area (Å²) in [5.41, 5.74) is 5.64. The zero-order chi connectivity index (χ0) is 9.52. The Kier molecular flexibility index (Phi) is 5.05. The molecular formula is C10H18N2S. The van der Waals surface area contributed by atoms with Gasteiger partial charge in [-0.15, -0.1) is 11.3 Å². The molecule has 1 unspecified atom stereocenters. The zero-order valence-electron chi connectivity index (χ0n) is 8.12. The second-order valence-electron chi connectivity index (χ2n) is 3.18. The fraction of sp³-hybridized carbons (Fsp3) is 0.600. The van der Waals surface area contributed by atoms with Gasteiger partial charge < -0.3 is 11.1 Å². The molecule has 0 aliphatic rings. The van der Waals surface area contributed by atoms with Crippen LogP contribution < -0.4 is 11.1 Å². The molecule has 74 valence electrons. The maximum Gasteiger partial charge on any atom is 0.0302 e. The van der Waals surface area contributed by atoms with Crippen LogP contribution in [0.1, 0.15) is 24.6 Å². The first-order valence-electron chi connectivity index (χ1n) is 4.82. The van der Waals surface area contributed by atoms with Gasteiger partial charge in [0.2, 0.25) is 0 Å². The maximum atomic E-state index is 5.64. The van der Waals surface area contributed by atoms with E-state index in [-0.39, 0.29) is 0 Å². The Morgan fingerprint density at radius 3 is 3.00 bits per heavy atom. The predicted molar refractivity (Wildman–Crippen MR) is 58.9 cm³/mol. The molecule has 0 saturated heterocycles. The lowest BCUT2D eigenvalue weighted by Gasteiger charge is -2.14. The van der Waals surface area contributed by atoms with E-state index in [1.54, 1.807) is 11.3 Å². The molecule has 1 aromatic heterocycles. The summed E-state index contributed by atoms with van der Waals surface area (Å²) >= 11 is 1.79. The highest BCUT2D eigenvalue weighted by Crippen LogP contribution is 2.08. The topological polar surface area (TPSA) is 38.0 Å². The van der Waals surface area contributed by atoms with Crippen LogP contribution in [0.3, 0.4) is 0 Å². The van der Waals surface area contributed by atoms with E-state index >= 15 is 0 Å². The van der Waals surface area contributed by atoms with Gasteiger partial charge in [-0.2, -0.15) is 0 Å². The Balaban J connectivity index is 2.23. The molecule has 3 N–H and O–H groups in total. The van der Waals surface area contributed by atoms with E-state index in [0.717, 1.165) is 13.1 Å². The van der Waals surface area contributed by atoms with Crippen molar-refractivity contribution in [1.29, 1.82) is 0 Å². The first-order valence-corrected chi connectivity index (χ1v) is 5.70. The minimum atomic E-state index is 0.479. The summed E-state index contributed by atoms with van der Waals surface area (Å²) in [6, 6.07) is 4.71. The van der Waals surface area contributed by atoms with Crippen molar-refractivity contribution in [2.24, 2.45) is 5.73 Å². The molecule has 2 nitrogen and oxygen atoms in total. The van der Waals surface area contributed by atoms with Crippen molar-refractivity contribution in [2.75, 3.05) is 6.54 Å². The Hall–Kier alpha value is -0.380. The zero-order valence-corrected chi connectivity index (χ0v) is 8.94. The number of thiophene rings is 1. The van der Waals surface area contributed by atoms with Gasteiger partial charge in [-0.1, -0.05) is 19.4 Å². The predicted octanol–water partition coefficient (Wildman–Crippen LogP) is 1.97. The lowest BCUT2D eigenvalue weighted by molar-refractivity contribution is 0.484. The SMILES string of the molecule is CCCC(CN)NCc1cccs1. The van der Waals surface area contributed by atoms with Crippen LogP contribution in [0, 0.1) is 0 Å². The summed E-state index contributed by atoms with van der Waals surface area (Å²) in [5.74, 6) is 0. The molecule has 1 aromatic rings. The maximum absolute atomic E-state index is 5.64. The molecule has 0 bridgehead atoms. The fourth-order valence-electron chi connectivity index (χ4n) is 1.31. The van der Waals surface area contributed by atoms with Crippen molar-refractivity contribution < 1.29 is 0 Å². The quantitative estimate of drug-likeness (QED) is 0.733. The van der Waals surface area contributed by atoms with E-state index in [0.29, 0.717) is 6.04 Å². The van der Waals surface area contributed by atoms with E-state index < -0.39 is 0 Å². The van der Waals surface area contributed by atoms with Crippen molar-refractivity contribution in [3.05, 3.63) is 22.4 Å². The molecule has 0 aliphatic heterocycles. The molecular weight excluding hydrogens is 180 g/mol. The average molecular weight is 198 g/mol. The van der Waals surface area contributed by atoms with E-state index in [2.05, 4.69) is 29.8 Å². The van der Waals surface area contributed by atoms with Gasteiger partial charge in [-0.05, 0) is 17.9 Å². The standard InChI is InChI=1S/C10H18N2S/c1-2-4-9(7-11)12-8-10-5-3-6-13-10/h3,5-6,9,12H,2,4,7-8,11H2,1H3. The summed E-state index contributed by atoms with van der Waals surface area (Å²) in [7, 11) is 0. The smallest absolute Gasteiger partial charge is 0.0302 e. The molecule has 0 aliphatic carbocycles. The van der Waals surface area contributed by atoms with Crippen LogP contribution in [-0.4, -0.2) is 12.6 Å². The number of hydrogen-bond donors (Lipinski definition) is 2. The molecule has 0 saturated carbocycles. The third-order valence-electron chi connectivity index (χ3n) is 2.07. The summed E-state index contributed by atoms with van der Waals surface area (Å²) < 4.78 is 0. The van der Waals surface area contributed by atoms with Gasteiger partial charge in [0.1, 0.15) is 0 Å². The molecule has 0 aromatic carbocycles. The molecule has 0 fully saturated rings. The number of nitrogens with one attached hydrogen (secondary N) is 1. The van der Waals surface area contributed by atoms with Crippen LogP contribution in [-0.2, 0) is 6.54 Å². The fourth-order valence-corrected chi connectivity index (χ4v) is 1.97. The second-order valence-corrected chi connectivity index (χ2v) is 4.21. The molecule has 1 rings (SSSR count). The molecule has 0 amide bonds. The normalized spacial score (nSPS) is 13.1. The number of rotatable bonds is 6. The largest absolute Gasteiger partial charge is 0.329 e.